The number of aliphatic carboxylic acids is 1. The van der Waals surface area contributed by atoms with E-state index in [1.807, 2.05) is 13.8 Å². The number of halogens is 1. The molecule has 1 N–H and O–H groups in total. The van der Waals surface area contributed by atoms with Crippen LogP contribution >= 0.6 is 15.9 Å². The van der Waals surface area contributed by atoms with Crippen molar-refractivity contribution < 1.29 is 9.90 Å². The van der Waals surface area contributed by atoms with Gasteiger partial charge in [-0.1, -0.05) is 29.8 Å². The molecule has 0 fully saturated rings. The highest BCUT2D eigenvalue weighted by Crippen LogP contribution is 2.13. The van der Waals surface area contributed by atoms with E-state index in [0.29, 0.717) is 6.42 Å². The largest absolute Gasteiger partial charge is 0.480 e. The minimum absolute atomic E-state index is 0.414. The maximum atomic E-state index is 10.2. The number of alkyl halides is 1. The van der Waals surface area contributed by atoms with Gasteiger partial charge in [0.15, 0.2) is 0 Å². The van der Waals surface area contributed by atoms with Crippen LogP contribution in [0.2, 0.25) is 0 Å². The Balaban J connectivity index is 3.50. The molecule has 9 heavy (non-hydrogen) atoms. The van der Waals surface area contributed by atoms with Gasteiger partial charge in [-0.15, -0.1) is 0 Å². The van der Waals surface area contributed by atoms with Crippen LogP contribution in [-0.2, 0) is 4.79 Å². The molecule has 0 aliphatic carbocycles. The highest BCUT2D eigenvalue weighted by atomic mass is 79.9. The molecule has 53 valence electrons. The van der Waals surface area contributed by atoms with Crippen LogP contribution in [0.1, 0.15) is 20.3 Å². The molecule has 1 radical (unpaired) electrons. The highest BCUT2D eigenvalue weighted by molar-refractivity contribution is 9.10. The van der Waals surface area contributed by atoms with Crippen molar-refractivity contribution in [1.29, 1.82) is 0 Å². The van der Waals surface area contributed by atoms with E-state index in [4.69, 9.17) is 5.11 Å². The summed E-state index contributed by atoms with van der Waals surface area (Å²) in [7, 11) is 0. The summed E-state index contributed by atoms with van der Waals surface area (Å²) in [4.78, 5) is 9.76. The van der Waals surface area contributed by atoms with Crippen molar-refractivity contribution in [2.24, 2.45) is 0 Å². The van der Waals surface area contributed by atoms with Gasteiger partial charge in [0, 0.05) is 0 Å². The molecule has 1 atom stereocenters. The Hall–Kier alpha value is -0.0500. The first kappa shape index (κ1) is 8.95. The molecule has 1 unspecified atom stereocenters. The van der Waals surface area contributed by atoms with Crippen molar-refractivity contribution in [3.8, 4) is 0 Å². The van der Waals surface area contributed by atoms with Crippen molar-refractivity contribution in [2.45, 2.75) is 25.1 Å². The van der Waals surface area contributed by atoms with Gasteiger partial charge in [-0.05, 0) is 12.3 Å². The molecule has 0 bridgehead atoms. The van der Waals surface area contributed by atoms with E-state index in [9.17, 15) is 4.79 Å². The van der Waals surface area contributed by atoms with E-state index in [2.05, 4.69) is 15.9 Å². The molecule has 0 amide bonds. The minimum Gasteiger partial charge on any atom is -0.480 e. The molecule has 0 aliphatic rings. The van der Waals surface area contributed by atoms with Crippen LogP contribution in [0.25, 0.3) is 0 Å². The standard InChI is InChI=1S/C6H10BrO2/c1-4(2)3-5(7)6(8)9/h5H,3H2,1-2H3,(H,8,9). The van der Waals surface area contributed by atoms with Gasteiger partial charge < -0.3 is 5.11 Å². The number of rotatable bonds is 3. The normalized spacial score (nSPS) is 13.8. The molecule has 0 aromatic heterocycles. The third-order valence-electron chi connectivity index (χ3n) is 0.855. The second-order valence-corrected chi connectivity index (χ2v) is 3.32. The van der Waals surface area contributed by atoms with Crippen molar-refractivity contribution in [3.63, 3.8) is 0 Å². The summed E-state index contributed by atoms with van der Waals surface area (Å²) in [5.41, 5.74) is 0. The lowest BCUT2D eigenvalue weighted by Gasteiger charge is -2.05. The number of carboxylic acids is 1. The first-order valence-electron chi connectivity index (χ1n) is 2.70. The monoisotopic (exact) mass is 193 g/mol. The van der Waals surface area contributed by atoms with Gasteiger partial charge in [0.1, 0.15) is 4.83 Å². The first-order valence-corrected chi connectivity index (χ1v) is 3.61. The van der Waals surface area contributed by atoms with Crippen molar-refractivity contribution >= 4 is 21.9 Å². The van der Waals surface area contributed by atoms with Crippen molar-refractivity contribution in [1.82, 2.24) is 0 Å². The van der Waals surface area contributed by atoms with Crippen molar-refractivity contribution in [2.75, 3.05) is 0 Å². The minimum atomic E-state index is -0.795. The van der Waals surface area contributed by atoms with E-state index >= 15 is 0 Å². The number of carboxylic acid groups (broad SMARTS) is 1. The van der Waals surface area contributed by atoms with Gasteiger partial charge in [0.25, 0.3) is 0 Å². The summed E-state index contributed by atoms with van der Waals surface area (Å²) in [5, 5.41) is 8.37. The van der Waals surface area contributed by atoms with Crippen molar-refractivity contribution in [3.05, 3.63) is 5.92 Å². The Labute approximate surface area is 63.4 Å². The third-order valence-corrected chi connectivity index (χ3v) is 1.57. The summed E-state index contributed by atoms with van der Waals surface area (Å²) in [5.74, 6) is 0.329. The third kappa shape index (κ3) is 4.45. The first-order chi connectivity index (χ1) is 4.04. The maximum Gasteiger partial charge on any atom is 0.317 e. The molecule has 2 nitrogen and oxygen atoms in total. The summed E-state index contributed by atoms with van der Waals surface area (Å²) < 4.78 is 0. The van der Waals surface area contributed by atoms with E-state index in [0.717, 1.165) is 5.92 Å². The molecule has 0 saturated carbocycles. The van der Waals surface area contributed by atoms with Crippen LogP contribution in [0.5, 0.6) is 0 Å². The Kier molecular flexibility index (Phi) is 3.86. The predicted octanol–water partition coefficient (Wildman–Crippen LogP) is 1.84. The van der Waals surface area contributed by atoms with E-state index in [-0.39, 0.29) is 0 Å². The van der Waals surface area contributed by atoms with Gasteiger partial charge in [-0.3, -0.25) is 4.79 Å². The SMILES string of the molecule is C[C](C)CC(Br)C(=O)O. The molecule has 0 aliphatic heterocycles. The average Bonchev–Trinajstić information content (AvgIpc) is 1.63. The van der Waals surface area contributed by atoms with Crippen LogP contribution < -0.4 is 0 Å². The van der Waals surface area contributed by atoms with Gasteiger partial charge in [-0.25, -0.2) is 0 Å². The fourth-order valence-corrected chi connectivity index (χ4v) is 1.09. The zero-order valence-corrected chi connectivity index (χ0v) is 7.10. The molecule has 0 saturated heterocycles. The van der Waals surface area contributed by atoms with Crippen LogP contribution in [0.4, 0.5) is 0 Å². The van der Waals surface area contributed by atoms with E-state index in [1.54, 1.807) is 0 Å². The van der Waals surface area contributed by atoms with E-state index in [1.165, 1.54) is 0 Å². The maximum absolute atomic E-state index is 10.2. The smallest absolute Gasteiger partial charge is 0.317 e. The molecular formula is C6H10BrO2. The molecule has 0 aromatic rings. The lowest BCUT2D eigenvalue weighted by molar-refractivity contribution is -0.136. The summed E-state index contributed by atoms with van der Waals surface area (Å²) >= 11 is 3.02. The molecular weight excluding hydrogens is 184 g/mol. The van der Waals surface area contributed by atoms with Gasteiger partial charge in [-0.2, -0.15) is 0 Å². The zero-order valence-electron chi connectivity index (χ0n) is 5.52. The Morgan fingerprint density at radius 3 is 2.22 bits per heavy atom. The van der Waals surface area contributed by atoms with Crippen LogP contribution in [0, 0.1) is 5.92 Å². The zero-order chi connectivity index (χ0) is 7.44. The molecule has 0 heterocycles. The summed E-state index contributed by atoms with van der Waals surface area (Å²) in [6, 6.07) is 0. The molecule has 0 rings (SSSR count). The van der Waals surface area contributed by atoms with Gasteiger partial charge in [0.05, 0.1) is 0 Å². The summed E-state index contributed by atoms with van der Waals surface area (Å²) in [6.07, 6.45) is 0.606. The Morgan fingerprint density at radius 2 is 2.11 bits per heavy atom. The van der Waals surface area contributed by atoms with Crippen LogP contribution in [0.15, 0.2) is 0 Å². The summed E-state index contributed by atoms with van der Waals surface area (Å²) in [6.45, 7) is 3.83. The second-order valence-electron chi connectivity index (χ2n) is 2.22. The lowest BCUT2D eigenvalue weighted by atomic mass is 10.1. The van der Waals surface area contributed by atoms with Gasteiger partial charge >= 0.3 is 5.97 Å². The molecule has 3 heteroatoms. The molecule has 0 spiro atoms. The lowest BCUT2D eigenvalue weighted by Crippen LogP contribution is -2.13. The predicted molar refractivity (Wildman–Crippen MR) is 39.6 cm³/mol. The quantitative estimate of drug-likeness (QED) is 0.696. The van der Waals surface area contributed by atoms with Crippen LogP contribution in [-0.4, -0.2) is 15.9 Å². The highest BCUT2D eigenvalue weighted by Gasteiger charge is 2.13. The Bertz CT molecular complexity index is 101. The fourth-order valence-electron chi connectivity index (χ4n) is 0.446. The average molecular weight is 194 g/mol. The van der Waals surface area contributed by atoms with Crippen LogP contribution in [0.3, 0.4) is 0 Å². The van der Waals surface area contributed by atoms with E-state index < -0.39 is 10.8 Å². The number of carbonyl (C=O) groups is 1. The number of hydrogen-bond acceptors (Lipinski definition) is 1. The molecule has 0 aromatic carbocycles. The number of hydrogen-bond donors (Lipinski definition) is 1. The second kappa shape index (κ2) is 3.88. The van der Waals surface area contributed by atoms with Gasteiger partial charge in [0.2, 0.25) is 0 Å². The topological polar surface area (TPSA) is 37.3 Å². The fraction of sp³-hybridized carbons (Fsp3) is 0.667. The Morgan fingerprint density at radius 1 is 1.67 bits per heavy atom.